The molecule has 0 radical (unpaired) electrons. The van der Waals surface area contributed by atoms with Gasteiger partial charge >= 0.3 is 17.9 Å². The highest BCUT2D eigenvalue weighted by atomic mass is 16.5. The molecule has 0 fully saturated rings. The Morgan fingerprint density at radius 1 is 1.10 bits per heavy atom. The Bertz CT molecular complexity index is 570. The van der Waals surface area contributed by atoms with Crippen LogP contribution in [0.1, 0.15) is 24.0 Å². The van der Waals surface area contributed by atoms with Crippen molar-refractivity contribution in [3.05, 3.63) is 41.0 Å². The summed E-state index contributed by atoms with van der Waals surface area (Å²) in [6.07, 6.45) is 1.27. The maximum atomic E-state index is 11.6. The van der Waals surface area contributed by atoms with E-state index in [4.69, 9.17) is 5.11 Å². The molecule has 6 heteroatoms. The molecule has 0 heterocycles. The average molecular weight is 292 g/mol. The van der Waals surface area contributed by atoms with Crippen LogP contribution in [0.25, 0.3) is 6.08 Å². The lowest BCUT2D eigenvalue weighted by Gasteiger charge is -2.11. The lowest BCUT2D eigenvalue weighted by molar-refractivity contribution is -0.144. The fraction of sp³-hybridized carbons (Fsp3) is 0.267. The molecule has 1 aromatic rings. The first-order valence-corrected chi connectivity index (χ1v) is 6.12. The lowest BCUT2D eigenvalue weighted by atomic mass is 9.94. The zero-order chi connectivity index (χ0) is 16.0. The highest BCUT2D eigenvalue weighted by molar-refractivity contribution is 6.17. The summed E-state index contributed by atoms with van der Waals surface area (Å²) >= 11 is 0. The normalized spacial score (nSPS) is 11.2. The van der Waals surface area contributed by atoms with Gasteiger partial charge in [-0.1, -0.05) is 24.3 Å². The minimum atomic E-state index is -1.01. The Kier molecular flexibility index (Phi) is 5.66. The highest BCUT2D eigenvalue weighted by Crippen LogP contribution is 2.23. The molecule has 1 rings (SSSR count). The Balaban J connectivity index is 3.37. The van der Waals surface area contributed by atoms with Crippen molar-refractivity contribution in [1.29, 1.82) is 0 Å². The van der Waals surface area contributed by atoms with Crippen LogP contribution in [0.2, 0.25) is 0 Å². The van der Waals surface area contributed by atoms with Crippen molar-refractivity contribution in [1.82, 2.24) is 0 Å². The highest BCUT2D eigenvalue weighted by Gasteiger charge is 2.22. The summed E-state index contributed by atoms with van der Waals surface area (Å²) in [6, 6.07) is 6.59. The Labute approximate surface area is 122 Å². The molecule has 1 aromatic carbocycles. The fourth-order valence-electron chi connectivity index (χ4n) is 1.75. The molecule has 0 spiro atoms. The number of carboxylic acid groups (broad SMARTS) is 1. The number of aliphatic carboxylic acids is 1. The predicted molar refractivity (Wildman–Crippen MR) is 74.5 cm³/mol. The van der Waals surface area contributed by atoms with Gasteiger partial charge in [0.2, 0.25) is 0 Å². The summed E-state index contributed by atoms with van der Waals surface area (Å²) in [5, 5.41) is 9.10. The molecule has 1 N–H and O–H groups in total. The van der Waals surface area contributed by atoms with Gasteiger partial charge in [0.05, 0.1) is 20.1 Å². The van der Waals surface area contributed by atoms with Crippen LogP contribution in [0.5, 0.6) is 0 Å². The van der Waals surface area contributed by atoms with E-state index < -0.39 is 23.8 Å². The van der Waals surface area contributed by atoms with E-state index in [1.807, 2.05) is 0 Å². The number of ether oxygens (including phenoxy) is 2. The van der Waals surface area contributed by atoms with E-state index in [-0.39, 0.29) is 5.57 Å². The number of carbonyl (C=O) groups is 3. The van der Waals surface area contributed by atoms with Crippen LogP contribution in [0.4, 0.5) is 0 Å². The van der Waals surface area contributed by atoms with Crippen molar-refractivity contribution >= 4 is 24.0 Å². The van der Waals surface area contributed by atoms with Crippen LogP contribution in [0.3, 0.4) is 0 Å². The zero-order valence-corrected chi connectivity index (χ0v) is 12.0. The summed E-state index contributed by atoms with van der Waals surface area (Å²) in [6.45, 7) is 1.52. The molecule has 0 bridgehead atoms. The number of hydrogen-bond donors (Lipinski definition) is 1. The van der Waals surface area contributed by atoms with E-state index in [0.717, 1.165) is 14.2 Å². The predicted octanol–water partition coefficient (Wildman–Crippen LogP) is 1.60. The quantitative estimate of drug-likeness (QED) is 0.384. The van der Waals surface area contributed by atoms with Crippen LogP contribution in [-0.2, 0) is 23.9 Å². The number of rotatable bonds is 5. The first-order chi connectivity index (χ1) is 9.92. The molecule has 1 unspecified atom stereocenters. The van der Waals surface area contributed by atoms with Gasteiger partial charge in [-0.05, 0) is 24.1 Å². The fourth-order valence-corrected chi connectivity index (χ4v) is 1.75. The summed E-state index contributed by atoms with van der Waals surface area (Å²) in [5.41, 5.74) is 0.624. The summed E-state index contributed by atoms with van der Waals surface area (Å²) in [4.78, 5) is 34.4. The molecule has 0 saturated heterocycles. The second-order valence-electron chi connectivity index (χ2n) is 4.23. The molecule has 0 aliphatic carbocycles. The standard InChI is InChI=1S/C15H16O6/c1-9(13(16)17)11-7-5-4-6-10(11)8-12(14(18)20-2)15(19)21-3/h4-9H,1-3H3,(H,16,17). The van der Waals surface area contributed by atoms with Crippen LogP contribution in [0, 0.1) is 0 Å². The van der Waals surface area contributed by atoms with E-state index in [1.54, 1.807) is 24.3 Å². The molecule has 112 valence electrons. The van der Waals surface area contributed by atoms with Gasteiger partial charge in [-0.25, -0.2) is 9.59 Å². The number of methoxy groups -OCH3 is 2. The van der Waals surface area contributed by atoms with Gasteiger partial charge in [0.15, 0.2) is 0 Å². The molecule has 0 saturated carbocycles. The summed E-state index contributed by atoms with van der Waals surface area (Å²) in [7, 11) is 2.29. The van der Waals surface area contributed by atoms with Crippen molar-refractivity contribution in [2.24, 2.45) is 0 Å². The number of hydrogen-bond acceptors (Lipinski definition) is 5. The first-order valence-electron chi connectivity index (χ1n) is 6.12. The van der Waals surface area contributed by atoms with Gasteiger partial charge in [-0.2, -0.15) is 0 Å². The SMILES string of the molecule is COC(=O)C(=Cc1ccccc1C(C)C(=O)O)C(=O)OC. The van der Waals surface area contributed by atoms with Crippen molar-refractivity contribution in [3.8, 4) is 0 Å². The Morgan fingerprint density at radius 2 is 1.62 bits per heavy atom. The van der Waals surface area contributed by atoms with Gasteiger partial charge in [-0.3, -0.25) is 4.79 Å². The Hall–Kier alpha value is -2.63. The Morgan fingerprint density at radius 3 is 2.10 bits per heavy atom. The number of carbonyl (C=O) groups excluding carboxylic acids is 2. The monoisotopic (exact) mass is 292 g/mol. The molecule has 0 aromatic heterocycles. The molecule has 0 amide bonds. The number of benzene rings is 1. The lowest BCUT2D eigenvalue weighted by Crippen LogP contribution is -2.16. The number of carboxylic acids is 1. The average Bonchev–Trinajstić information content (AvgIpc) is 2.50. The van der Waals surface area contributed by atoms with E-state index >= 15 is 0 Å². The molecule has 6 nitrogen and oxygen atoms in total. The first kappa shape index (κ1) is 16.4. The maximum Gasteiger partial charge on any atom is 0.345 e. The minimum Gasteiger partial charge on any atom is -0.481 e. The minimum absolute atomic E-state index is 0.301. The van der Waals surface area contributed by atoms with Crippen LogP contribution in [0.15, 0.2) is 29.8 Å². The molecule has 0 aliphatic heterocycles. The van der Waals surface area contributed by atoms with E-state index in [2.05, 4.69) is 9.47 Å². The van der Waals surface area contributed by atoms with Gasteiger partial charge in [0.1, 0.15) is 5.57 Å². The molecular formula is C15H16O6. The third-order valence-electron chi connectivity index (χ3n) is 2.94. The maximum absolute atomic E-state index is 11.6. The molecule has 1 atom stereocenters. The third-order valence-corrected chi connectivity index (χ3v) is 2.94. The van der Waals surface area contributed by atoms with Crippen molar-refractivity contribution in [3.63, 3.8) is 0 Å². The van der Waals surface area contributed by atoms with Crippen LogP contribution >= 0.6 is 0 Å². The third kappa shape index (κ3) is 3.92. The van der Waals surface area contributed by atoms with Gasteiger partial charge in [-0.15, -0.1) is 0 Å². The van der Waals surface area contributed by atoms with Crippen molar-refractivity contribution in [2.75, 3.05) is 14.2 Å². The molecule has 21 heavy (non-hydrogen) atoms. The number of esters is 2. The zero-order valence-electron chi connectivity index (χ0n) is 12.0. The smallest absolute Gasteiger partial charge is 0.345 e. The van der Waals surface area contributed by atoms with Gasteiger partial charge in [0, 0.05) is 0 Å². The van der Waals surface area contributed by atoms with Crippen LogP contribution in [-0.4, -0.2) is 37.2 Å². The topological polar surface area (TPSA) is 89.9 Å². The van der Waals surface area contributed by atoms with Gasteiger partial charge < -0.3 is 14.6 Å². The van der Waals surface area contributed by atoms with Crippen LogP contribution < -0.4 is 0 Å². The molecule has 0 aliphatic rings. The molecular weight excluding hydrogens is 276 g/mol. The van der Waals surface area contributed by atoms with E-state index in [0.29, 0.717) is 11.1 Å². The largest absolute Gasteiger partial charge is 0.481 e. The second kappa shape index (κ2) is 7.23. The second-order valence-corrected chi connectivity index (χ2v) is 4.23. The van der Waals surface area contributed by atoms with Crippen molar-refractivity contribution in [2.45, 2.75) is 12.8 Å². The summed E-state index contributed by atoms with van der Waals surface area (Å²) < 4.78 is 9.06. The van der Waals surface area contributed by atoms with E-state index in [9.17, 15) is 14.4 Å². The van der Waals surface area contributed by atoms with Gasteiger partial charge in [0.25, 0.3) is 0 Å². The van der Waals surface area contributed by atoms with E-state index in [1.165, 1.54) is 13.0 Å². The summed E-state index contributed by atoms with van der Waals surface area (Å²) in [5.74, 6) is -3.48. The van der Waals surface area contributed by atoms with Crippen molar-refractivity contribution < 1.29 is 29.0 Å².